The molecule has 1 aromatic heterocycles. The Morgan fingerprint density at radius 1 is 1.47 bits per heavy atom. The molecule has 0 bridgehead atoms. The largest absolute Gasteiger partial charge is 0.393 e. The van der Waals surface area contributed by atoms with Gasteiger partial charge in [-0.3, -0.25) is 9.63 Å². The van der Waals surface area contributed by atoms with Crippen LogP contribution in [0.5, 0.6) is 0 Å². The summed E-state index contributed by atoms with van der Waals surface area (Å²) in [6.45, 7) is 6.30. The van der Waals surface area contributed by atoms with Gasteiger partial charge >= 0.3 is 0 Å². The van der Waals surface area contributed by atoms with Crippen molar-refractivity contribution in [2.45, 2.75) is 51.7 Å². The van der Waals surface area contributed by atoms with Gasteiger partial charge in [-0.2, -0.15) is 0 Å². The summed E-state index contributed by atoms with van der Waals surface area (Å²) >= 11 is 1.55. The average Bonchev–Trinajstić information content (AvgIpc) is 3.27. The molecular formula is C22H30N4O3S. The lowest BCUT2D eigenvalue weighted by Crippen LogP contribution is -2.42. The quantitative estimate of drug-likeness (QED) is 0.205. The monoisotopic (exact) mass is 430 g/mol. The lowest BCUT2D eigenvalue weighted by molar-refractivity contribution is -0.104. The second-order valence-corrected chi connectivity index (χ2v) is 9.38. The summed E-state index contributed by atoms with van der Waals surface area (Å²) in [4.78, 5) is 26.1. The van der Waals surface area contributed by atoms with Gasteiger partial charge in [-0.05, 0) is 55.4 Å². The normalized spacial score (nSPS) is 25.1. The van der Waals surface area contributed by atoms with Crippen LogP contribution >= 0.6 is 11.3 Å². The molecule has 7 nitrogen and oxygen atoms in total. The summed E-state index contributed by atoms with van der Waals surface area (Å²) in [5.41, 5.74) is 6.20. The molecule has 1 aliphatic carbocycles. The lowest BCUT2D eigenvalue weighted by Gasteiger charge is -2.25. The van der Waals surface area contributed by atoms with Crippen LogP contribution in [0.2, 0.25) is 0 Å². The molecule has 0 amide bonds. The molecule has 30 heavy (non-hydrogen) atoms. The van der Waals surface area contributed by atoms with Gasteiger partial charge in [0.2, 0.25) is 5.96 Å². The minimum atomic E-state index is -0.501. The molecule has 0 saturated heterocycles. The molecule has 0 spiro atoms. The number of aldehydes is 1. The van der Waals surface area contributed by atoms with Gasteiger partial charge < -0.3 is 10.4 Å². The fraction of sp³-hybridized carbons (Fsp3) is 0.500. The second kappa shape index (κ2) is 9.68. The van der Waals surface area contributed by atoms with Gasteiger partial charge in [-0.25, -0.2) is 15.5 Å². The van der Waals surface area contributed by atoms with Crippen molar-refractivity contribution >= 4 is 39.9 Å². The summed E-state index contributed by atoms with van der Waals surface area (Å²) in [5.74, 6) is 1.08. The Bertz CT molecular complexity index is 939. The summed E-state index contributed by atoms with van der Waals surface area (Å²) in [5, 5.41) is 13.3. The van der Waals surface area contributed by atoms with Crippen LogP contribution in [0, 0.1) is 11.8 Å². The first-order valence-corrected chi connectivity index (χ1v) is 11.1. The number of hydrogen-bond donors (Lipinski definition) is 3. The number of rotatable bonds is 7. The van der Waals surface area contributed by atoms with Gasteiger partial charge in [0.05, 0.1) is 27.4 Å². The number of allylic oxidation sites excluding steroid dienone is 1. The SMILES string of the molecule is CN/C(=N\C(C=O)=C/c1ccc2ncsc2c1)NOC1(C)CC(O)C(CC(C)C)C1. The Kier molecular flexibility index (Phi) is 7.23. The number of hydrogen-bond acceptors (Lipinski definition) is 6. The number of benzene rings is 1. The number of nitrogens with zero attached hydrogens (tertiary/aromatic N) is 2. The zero-order valence-electron chi connectivity index (χ0n) is 17.9. The van der Waals surface area contributed by atoms with E-state index >= 15 is 0 Å². The van der Waals surface area contributed by atoms with E-state index < -0.39 is 5.60 Å². The number of carbonyl (C=O) groups excluding carboxylic acids is 1. The number of aliphatic imine (C=N–C) groups is 1. The van der Waals surface area contributed by atoms with E-state index in [0.29, 0.717) is 24.6 Å². The third-order valence-corrected chi connectivity index (χ3v) is 6.11. The maximum Gasteiger partial charge on any atom is 0.220 e. The van der Waals surface area contributed by atoms with E-state index in [1.54, 1.807) is 30.0 Å². The van der Waals surface area contributed by atoms with Gasteiger partial charge in [0.15, 0.2) is 6.29 Å². The van der Waals surface area contributed by atoms with Crippen molar-refractivity contribution in [3.8, 4) is 0 Å². The average molecular weight is 431 g/mol. The second-order valence-electron chi connectivity index (χ2n) is 8.50. The third-order valence-electron chi connectivity index (χ3n) is 5.32. The number of nitrogens with one attached hydrogen (secondary N) is 2. The van der Waals surface area contributed by atoms with Crippen LogP contribution in [0.4, 0.5) is 0 Å². The Hall–Kier alpha value is -2.29. The number of aliphatic hydroxyl groups excluding tert-OH is 1. The number of guanidine groups is 1. The van der Waals surface area contributed by atoms with Crippen LogP contribution < -0.4 is 10.8 Å². The Labute approximate surface area is 181 Å². The fourth-order valence-electron chi connectivity index (χ4n) is 3.97. The highest BCUT2D eigenvalue weighted by molar-refractivity contribution is 7.16. The van der Waals surface area contributed by atoms with Gasteiger partial charge in [0.25, 0.3) is 0 Å². The summed E-state index contributed by atoms with van der Waals surface area (Å²) < 4.78 is 1.05. The number of aromatic nitrogens is 1. The van der Waals surface area contributed by atoms with E-state index in [-0.39, 0.29) is 17.7 Å². The molecule has 0 radical (unpaired) electrons. The predicted octanol–water partition coefficient (Wildman–Crippen LogP) is 3.51. The maximum atomic E-state index is 11.6. The predicted molar refractivity (Wildman–Crippen MR) is 121 cm³/mol. The summed E-state index contributed by atoms with van der Waals surface area (Å²) in [6, 6.07) is 5.80. The molecule has 1 fully saturated rings. The van der Waals surface area contributed by atoms with Gasteiger partial charge in [-0.1, -0.05) is 19.9 Å². The smallest absolute Gasteiger partial charge is 0.220 e. The topological polar surface area (TPSA) is 95.8 Å². The van der Waals surface area contributed by atoms with E-state index in [2.05, 4.69) is 34.6 Å². The number of carbonyl (C=O) groups is 1. The first-order chi connectivity index (χ1) is 14.3. The van der Waals surface area contributed by atoms with E-state index in [0.717, 1.165) is 28.6 Å². The van der Waals surface area contributed by atoms with Crippen LogP contribution in [0.3, 0.4) is 0 Å². The van der Waals surface area contributed by atoms with E-state index in [1.807, 2.05) is 25.1 Å². The Balaban J connectivity index is 1.68. The first kappa shape index (κ1) is 22.4. The minimum Gasteiger partial charge on any atom is -0.393 e. The molecule has 3 rings (SSSR count). The summed E-state index contributed by atoms with van der Waals surface area (Å²) in [6.07, 6.45) is 4.33. The van der Waals surface area contributed by atoms with Crippen LogP contribution in [0.15, 0.2) is 34.4 Å². The van der Waals surface area contributed by atoms with Crippen molar-refractivity contribution in [1.82, 2.24) is 15.8 Å². The van der Waals surface area contributed by atoms with E-state index in [9.17, 15) is 9.90 Å². The van der Waals surface area contributed by atoms with Crippen LogP contribution in [-0.2, 0) is 9.63 Å². The highest BCUT2D eigenvalue weighted by Crippen LogP contribution is 2.39. The van der Waals surface area contributed by atoms with Gasteiger partial charge in [0.1, 0.15) is 5.70 Å². The molecule has 1 saturated carbocycles. The Morgan fingerprint density at radius 3 is 2.97 bits per heavy atom. The van der Waals surface area contributed by atoms with Crippen molar-refractivity contribution in [1.29, 1.82) is 0 Å². The molecule has 0 aliphatic heterocycles. The molecule has 1 aliphatic rings. The van der Waals surface area contributed by atoms with Crippen molar-refractivity contribution in [3.05, 3.63) is 35.0 Å². The van der Waals surface area contributed by atoms with Crippen LogP contribution in [-0.4, -0.2) is 41.1 Å². The zero-order valence-corrected chi connectivity index (χ0v) is 18.7. The highest BCUT2D eigenvalue weighted by atomic mass is 32.1. The van der Waals surface area contributed by atoms with Crippen molar-refractivity contribution in [3.63, 3.8) is 0 Å². The fourth-order valence-corrected chi connectivity index (χ4v) is 4.69. The molecule has 3 atom stereocenters. The lowest BCUT2D eigenvalue weighted by atomic mass is 9.93. The molecule has 8 heteroatoms. The van der Waals surface area contributed by atoms with E-state index in [4.69, 9.17) is 4.84 Å². The number of thiazole rings is 1. The number of fused-ring (bicyclic) bond motifs is 1. The molecule has 1 aromatic carbocycles. The van der Waals surface area contributed by atoms with Crippen molar-refractivity contribution < 1.29 is 14.7 Å². The standard InChI is InChI=1S/C22H30N4O3S/c1-14(2)7-16-10-22(3,11-19(16)28)29-26-21(23-4)25-17(12-27)8-15-5-6-18-20(9-15)30-13-24-18/h5-6,8-9,12-14,16,19,28H,7,10-11H2,1-4H3,(H2,23,25,26)/b17-8-. The maximum absolute atomic E-state index is 11.6. The van der Waals surface area contributed by atoms with Crippen LogP contribution in [0.25, 0.3) is 16.3 Å². The minimum absolute atomic E-state index is 0.221. The van der Waals surface area contributed by atoms with Crippen molar-refractivity contribution in [2.75, 3.05) is 7.05 Å². The molecule has 162 valence electrons. The molecule has 3 unspecified atom stereocenters. The molecule has 1 heterocycles. The molecular weight excluding hydrogens is 400 g/mol. The van der Waals surface area contributed by atoms with Crippen molar-refractivity contribution in [2.24, 2.45) is 16.8 Å². The van der Waals surface area contributed by atoms with Crippen LogP contribution in [0.1, 0.15) is 45.6 Å². The van der Waals surface area contributed by atoms with Gasteiger partial charge in [0, 0.05) is 13.5 Å². The first-order valence-electron chi connectivity index (χ1n) is 10.2. The zero-order chi connectivity index (χ0) is 21.7. The number of aliphatic hydroxyl groups is 1. The molecule has 2 aromatic rings. The summed E-state index contributed by atoms with van der Waals surface area (Å²) in [7, 11) is 1.70. The Morgan fingerprint density at radius 2 is 2.27 bits per heavy atom. The highest BCUT2D eigenvalue weighted by Gasteiger charge is 2.43. The molecule has 3 N–H and O–H groups in total. The van der Waals surface area contributed by atoms with E-state index in [1.165, 1.54) is 0 Å². The number of hydroxylamine groups is 1. The third kappa shape index (κ3) is 5.65. The van der Waals surface area contributed by atoms with Gasteiger partial charge in [-0.15, -0.1) is 11.3 Å².